The van der Waals surface area contributed by atoms with E-state index in [1.165, 1.54) is 218 Å². The number of carbonyl (C=O) groups is 1. The van der Waals surface area contributed by atoms with Gasteiger partial charge in [0.2, 0.25) is 5.91 Å². The highest BCUT2D eigenvalue weighted by Crippen LogP contribution is 2.24. The van der Waals surface area contributed by atoms with Crippen LogP contribution in [0.25, 0.3) is 0 Å². The third kappa shape index (κ3) is 38.1. The van der Waals surface area contributed by atoms with E-state index >= 15 is 0 Å². The van der Waals surface area contributed by atoms with Crippen molar-refractivity contribution in [3.05, 3.63) is 12.2 Å². The fraction of sp³-hybridized carbons (Fsp3) is 0.950. The minimum atomic E-state index is -1.67. The molecule has 1 heterocycles. The van der Waals surface area contributed by atoms with E-state index in [0.29, 0.717) is 12.8 Å². The fourth-order valence-corrected chi connectivity index (χ4v) is 10.1. The minimum absolute atomic E-state index is 0.260. The van der Waals surface area contributed by atoms with Crippen LogP contribution in [0.3, 0.4) is 0 Å². The number of aliphatic hydroxyl groups is 7. The van der Waals surface area contributed by atoms with Crippen molar-refractivity contribution in [1.29, 1.82) is 0 Å². The first-order valence-electron chi connectivity index (χ1n) is 30.6. The maximum Gasteiger partial charge on any atom is 0.249 e. The molecule has 0 saturated carbocycles. The van der Waals surface area contributed by atoms with Crippen LogP contribution in [0.2, 0.25) is 0 Å². The van der Waals surface area contributed by atoms with Crippen molar-refractivity contribution >= 4 is 5.91 Å². The minimum Gasteiger partial charge on any atom is -0.394 e. The number of hydrogen-bond acceptors (Lipinski definition) is 10. The van der Waals surface area contributed by atoms with E-state index in [2.05, 4.69) is 31.3 Å². The number of unbranched alkanes of at least 4 members (excludes halogenated alkanes) is 39. The molecular formula is C60H117NO10. The van der Waals surface area contributed by atoms with Crippen LogP contribution >= 0.6 is 0 Å². The lowest BCUT2D eigenvalue weighted by atomic mass is 9.98. The Morgan fingerprint density at radius 2 is 0.831 bits per heavy atom. The Morgan fingerprint density at radius 1 is 0.479 bits per heavy atom. The van der Waals surface area contributed by atoms with Gasteiger partial charge in [-0.15, -0.1) is 0 Å². The largest absolute Gasteiger partial charge is 0.394 e. The molecule has 9 unspecified atom stereocenters. The predicted octanol–water partition coefficient (Wildman–Crippen LogP) is 13.1. The van der Waals surface area contributed by atoms with E-state index in [1.807, 2.05) is 0 Å². The Morgan fingerprint density at radius 3 is 1.21 bits per heavy atom. The zero-order valence-corrected chi connectivity index (χ0v) is 46.2. The van der Waals surface area contributed by atoms with Gasteiger partial charge in [-0.25, -0.2) is 0 Å². The summed E-state index contributed by atoms with van der Waals surface area (Å²) in [6.07, 6.45) is 47.0. The maximum atomic E-state index is 13.2. The maximum absolute atomic E-state index is 13.2. The molecule has 0 aromatic heterocycles. The second-order valence-electron chi connectivity index (χ2n) is 21.8. The van der Waals surface area contributed by atoms with Gasteiger partial charge < -0.3 is 50.5 Å². The molecule has 422 valence electrons. The van der Waals surface area contributed by atoms with Crippen LogP contribution in [0.15, 0.2) is 12.2 Å². The molecule has 0 aromatic carbocycles. The number of hydrogen-bond donors (Lipinski definition) is 8. The lowest BCUT2D eigenvalue weighted by molar-refractivity contribution is -0.303. The third-order valence-corrected chi connectivity index (χ3v) is 15.1. The summed E-state index contributed by atoms with van der Waals surface area (Å²) in [6.45, 7) is 3.49. The molecule has 0 radical (unpaired) electrons. The third-order valence-electron chi connectivity index (χ3n) is 15.1. The van der Waals surface area contributed by atoms with Gasteiger partial charge in [-0.1, -0.05) is 270 Å². The van der Waals surface area contributed by atoms with Crippen molar-refractivity contribution in [2.75, 3.05) is 13.2 Å². The van der Waals surface area contributed by atoms with E-state index in [4.69, 9.17) is 9.47 Å². The molecule has 1 fully saturated rings. The number of nitrogens with one attached hydrogen (secondary N) is 1. The van der Waals surface area contributed by atoms with Gasteiger partial charge in [-0.3, -0.25) is 4.79 Å². The zero-order valence-electron chi connectivity index (χ0n) is 46.2. The van der Waals surface area contributed by atoms with Crippen molar-refractivity contribution in [3.8, 4) is 0 Å². The molecule has 11 nitrogen and oxygen atoms in total. The highest BCUT2D eigenvalue weighted by molar-refractivity contribution is 5.80. The number of rotatable bonds is 53. The van der Waals surface area contributed by atoms with Gasteiger partial charge >= 0.3 is 0 Å². The zero-order chi connectivity index (χ0) is 51.8. The second kappa shape index (κ2) is 49.7. The molecule has 0 aliphatic carbocycles. The van der Waals surface area contributed by atoms with E-state index < -0.39 is 74.2 Å². The first-order valence-corrected chi connectivity index (χ1v) is 30.6. The summed E-state index contributed by atoms with van der Waals surface area (Å²) in [7, 11) is 0. The predicted molar refractivity (Wildman–Crippen MR) is 293 cm³/mol. The quantitative estimate of drug-likeness (QED) is 0.0215. The average Bonchev–Trinajstić information content (AvgIpc) is 3.37. The Hall–Kier alpha value is -1.15. The standard InChI is InChI=1S/C60H117NO10/c1-3-5-7-9-11-13-15-17-19-21-23-25-26-28-29-31-33-35-37-39-41-43-45-47-52(63)55(65)51(50-70-60-58(68)57(67)56(66)54(49-62)71-60)61-59(69)53(64)48-46-44-42-40-38-36-34-32-30-27-24-22-20-18-16-14-12-10-8-6-4-2/h39,41,51-58,60,62-68H,3-38,40,42-50H2,1-2H3,(H,61,69)/b41-39+. The summed E-state index contributed by atoms with van der Waals surface area (Å²) in [4.78, 5) is 13.2. The van der Waals surface area contributed by atoms with Gasteiger partial charge in [0.15, 0.2) is 6.29 Å². The molecule has 1 amide bonds. The SMILES string of the molecule is CCCCCCCCCCCCCCCCCCCC/C=C/CCCC(O)C(O)C(COC1OC(CO)C(O)C(O)C1O)NC(=O)C(O)CCCCCCCCCCCCCCCCCCCCCCC. The van der Waals surface area contributed by atoms with Crippen LogP contribution in [0.1, 0.15) is 296 Å². The second-order valence-corrected chi connectivity index (χ2v) is 21.8. The highest BCUT2D eigenvalue weighted by Gasteiger charge is 2.44. The van der Waals surface area contributed by atoms with Crippen LogP contribution in [0.4, 0.5) is 0 Å². The molecule has 0 aromatic rings. The lowest BCUT2D eigenvalue weighted by Gasteiger charge is -2.40. The molecule has 1 aliphatic rings. The Kier molecular flexibility index (Phi) is 47.5. The highest BCUT2D eigenvalue weighted by atomic mass is 16.7. The van der Waals surface area contributed by atoms with Gasteiger partial charge in [0.25, 0.3) is 0 Å². The summed E-state index contributed by atoms with van der Waals surface area (Å²) >= 11 is 0. The molecule has 71 heavy (non-hydrogen) atoms. The summed E-state index contributed by atoms with van der Waals surface area (Å²) in [5.74, 6) is -0.700. The topological polar surface area (TPSA) is 189 Å². The summed E-state index contributed by atoms with van der Waals surface area (Å²) in [5.41, 5.74) is 0. The molecular weight excluding hydrogens is 895 g/mol. The van der Waals surface area contributed by atoms with Crippen LogP contribution in [-0.2, 0) is 14.3 Å². The Labute approximate surface area is 436 Å². The number of allylic oxidation sites excluding steroid dienone is 2. The first-order chi connectivity index (χ1) is 34.7. The van der Waals surface area contributed by atoms with E-state index in [1.54, 1.807) is 0 Å². The molecule has 0 bridgehead atoms. The van der Waals surface area contributed by atoms with E-state index in [0.717, 1.165) is 38.5 Å². The molecule has 1 aliphatic heterocycles. The van der Waals surface area contributed by atoms with Gasteiger partial charge in [0.05, 0.1) is 25.4 Å². The van der Waals surface area contributed by atoms with Crippen LogP contribution in [-0.4, -0.2) is 110 Å². The van der Waals surface area contributed by atoms with Crippen molar-refractivity contribution in [2.45, 2.75) is 351 Å². The van der Waals surface area contributed by atoms with Gasteiger partial charge in [0, 0.05) is 0 Å². The lowest BCUT2D eigenvalue weighted by Crippen LogP contribution is -2.60. The van der Waals surface area contributed by atoms with Crippen LogP contribution < -0.4 is 5.32 Å². The first kappa shape index (κ1) is 67.9. The fourth-order valence-electron chi connectivity index (χ4n) is 10.1. The van der Waals surface area contributed by atoms with Crippen LogP contribution in [0.5, 0.6) is 0 Å². The number of amides is 1. The normalized spacial score (nSPS) is 20.2. The number of aliphatic hydroxyl groups excluding tert-OH is 7. The van der Waals surface area contributed by atoms with Crippen molar-refractivity contribution in [3.63, 3.8) is 0 Å². The van der Waals surface area contributed by atoms with Gasteiger partial charge in [-0.2, -0.15) is 0 Å². The van der Waals surface area contributed by atoms with E-state index in [-0.39, 0.29) is 12.8 Å². The molecule has 11 heteroatoms. The average molecular weight is 1010 g/mol. The summed E-state index contributed by atoms with van der Waals surface area (Å²) in [6, 6.07) is -1.18. The van der Waals surface area contributed by atoms with Gasteiger partial charge in [0.1, 0.15) is 36.6 Å². The summed E-state index contributed by atoms with van der Waals surface area (Å²) < 4.78 is 11.2. The molecule has 9 atom stereocenters. The van der Waals surface area contributed by atoms with Gasteiger partial charge in [-0.05, 0) is 38.5 Å². The van der Waals surface area contributed by atoms with E-state index in [9.17, 15) is 40.5 Å². The number of ether oxygens (including phenoxy) is 2. The molecule has 0 spiro atoms. The molecule has 8 N–H and O–H groups in total. The van der Waals surface area contributed by atoms with Crippen molar-refractivity contribution < 1.29 is 50.0 Å². The Balaban J connectivity index is 2.30. The monoisotopic (exact) mass is 1010 g/mol. The van der Waals surface area contributed by atoms with Crippen molar-refractivity contribution in [2.24, 2.45) is 0 Å². The number of carbonyl (C=O) groups excluding carboxylic acids is 1. The smallest absolute Gasteiger partial charge is 0.249 e. The summed E-state index contributed by atoms with van der Waals surface area (Å²) in [5, 5.41) is 76.2. The molecule has 1 saturated heterocycles. The van der Waals surface area contributed by atoms with Crippen molar-refractivity contribution in [1.82, 2.24) is 5.32 Å². The van der Waals surface area contributed by atoms with Crippen LogP contribution in [0, 0.1) is 0 Å². The Bertz CT molecular complexity index is 1160. The molecule has 1 rings (SSSR count).